The minimum Gasteiger partial charge on any atom is -0.508 e. The number of nitrogens with zero attached hydrogens (tertiary/aromatic N) is 1. The lowest BCUT2D eigenvalue weighted by molar-refractivity contribution is -0.118. The second-order valence-corrected chi connectivity index (χ2v) is 5.19. The molecular formula is C17H18N2O2. The number of benzene rings is 2. The number of amides is 1. The van der Waals surface area contributed by atoms with Crippen molar-refractivity contribution in [3.63, 3.8) is 0 Å². The minimum absolute atomic E-state index is 0.0525. The van der Waals surface area contributed by atoms with E-state index in [9.17, 15) is 9.90 Å². The molecule has 0 spiro atoms. The predicted octanol–water partition coefficient (Wildman–Crippen LogP) is 2.78. The lowest BCUT2D eigenvalue weighted by Gasteiger charge is -2.22. The summed E-state index contributed by atoms with van der Waals surface area (Å²) < 4.78 is 0. The average Bonchev–Trinajstić information content (AvgIpc) is 2.69. The summed E-state index contributed by atoms with van der Waals surface area (Å²) in [6, 6.07) is 14.7. The molecule has 4 nitrogen and oxygen atoms in total. The molecule has 0 fully saturated rings. The first-order chi connectivity index (χ1) is 10.2. The summed E-state index contributed by atoms with van der Waals surface area (Å²) in [6.07, 6.45) is 1.21. The summed E-state index contributed by atoms with van der Waals surface area (Å²) in [5.41, 5.74) is 2.76. The Morgan fingerprint density at radius 1 is 1.19 bits per heavy atom. The maximum atomic E-state index is 12.6. The largest absolute Gasteiger partial charge is 0.508 e. The molecule has 2 aromatic rings. The predicted molar refractivity (Wildman–Crippen MR) is 83.7 cm³/mol. The van der Waals surface area contributed by atoms with Crippen molar-refractivity contribution in [3.05, 3.63) is 54.1 Å². The van der Waals surface area contributed by atoms with E-state index >= 15 is 0 Å². The van der Waals surface area contributed by atoms with Gasteiger partial charge in [0.15, 0.2) is 0 Å². The molecule has 0 saturated heterocycles. The fourth-order valence-electron chi connectivity index (χ4n) is 2.63. The first kappa shape index (κ1) is 13.5. The zero-order valence-electron chi connectivity index (χ0n) is 11.7. The average molecular weight is 282 g/mol. The number of rotatable bonds is 2. The Kier molecular flexibility index (Phi) is 3.77. The smallest absolute Gasteiger partial charge is 0.231 e. The van der Waals surface area contributed by atoms with Gasteiger partial charge in [0.2, 0.25) is 5.91 Å². The highest BCUT2D eigenvalue weighted by atomic mass is 16.3. The van der Waals surface area contributed by atoms with Gasteiger partial charge in [0, 0.05) is 13.1 Å². The summed E-state index contributed by atoms with van der Waals surface area (Å²) >= 11 is 0. The monoisotopic (exact) mass is 282 g/mol. The fraction of sp³-hybridized carbons (Fsp3) is 0.235. The SMILES string of the molecule is O=C(Cc1cccc(O)c1)N1CCCNc2ccccc21. The van der Waals surface area contributed by atoms with Gasteiger partial charge in [0.1, 0.15) is 5.75 Å². The fourth-order valence-corrected chi connectivity index (χ4v) is 2.63. The Hall–Kier alpha value is -2.49. The summed E-state index contributed by atoms with van der Waals surface area (Å²) in [4.78, 5) is 14.4. The van der Waals surface area contributed by atoms with Gasteiger partial charge in [-0.1, -0.05) is 24.3 Å². The molecule has 3 rings (SSSR count). The second kappa shape index (κ2) is 5.87. The summed E-state index contributed by atoms with van der Waals surface area (Å²) in [5.74, 6) is 0.245. The van der Waals surface area contributed by atoms with Crippen molar-refractivity contribution in [2.24, 2.45) is 0 Å². The lowest BCUT2D eigenvalue weighted by atomic mass is 10.1. The van der Waals surface area contributed by atoms with Crippen LogP contribution in [0.2, 0.25) is 0 Å². The Morgan fingerprint density at radius 3 is 2.90 bits per heavy atom. The highest BCUT2D eigenvalue weighted by Gasteiger charge is 2.20. The highest BCUT2D eigenvalue weighted by Crippen LogP contribution is 2.28. The summed E-state index contributed by atoms with van der Waals surface area (Å²) in [5, 5.41) is 12.9. The van der Waals surface area contributed by atoms with E-state index in [1.807, 2.05) is 35.2 Å². The molecule has 108 valence electrons. The number of anilines is 2. The van der Waals surface area contributed by atoms with E-state index in [0.717, 1.165) is 29.9 Å². The van der Waals surface area contributed by atoms with E-state index in [1.165, 1.54) is 0 Å². The number of nitrogens with one attached hydrogen (secondary N) is 1. The Balaban J connectivity index is 1.84. The molecular weight excluding hydrogens is 264 g/mol. The zero-order valence-corrected chi connectivity index (χ0v) is 11.7. The summed E-state index contributed by atoms with van der Waals surface area (Å²) in [7, 11) is 0. The van der Waals surface area contributed by atoms with E-state index in [2.05, 4.69) is 5.32 Å². The minimum atomic E-state index is 0.0525. The topological polar surface area (TPSA) is 52.6 Å². The first-order valence-electron chi connectivity index (χ1n) is 7.15. The third-order valence-corrected chi connectivity index (χ3v) is 3.64. The number of carbonyl (C=O) groups excluding carboxylic acids is 1. The number of phenolic OH excluding ortho intramolecular Hbond substituents is 1. The zero-order chi connectivity index (χ0) is 14.7. The van der Waals surface area contributed by atoms with E-state index in [0.29, 0.717) is 13.0 Å². The van der Waals surface area contributed by atoms with Crippen molar-refractivity contribution in [3.8, 4) is 5.75 Å². The van der Waals surface area contributed by atoms with E-state index < -0.39 is 0 Å². The second-order valence-electron chi connectivity index (χ2n) is 5.19. The van der Waals surface area contributed by atoms with Crippen LogP contribution >= 0.6 is 0 Å². The van der Waals surface area contributed by atoms with Crippen LogP contribution in [0.5, 0.6) is 5.75 Å². The van der Waals surface area contributed by atoms with Gasteiger partial charge >= 0.3 is 0 Å². The third-order valence-electron chi connectivity index (χ3n) is 3.64. The van der Waals surface area contributed by atoms with Crippen LogP contribution in [-0.2, 0) is 11.2 Å². The Bertz CT molecular complexity index is 655. The molecule has 0 aromatic heterocycles. The van der Waals surface area contributed by atoms with Crippen molar-refractivity contribution in [2.75, 3.05) is 23.3 Å². The quantitative estimate of drug-likeness (QED) is 0.890. The molecule has 1 heterocycles. The molecule has 1 aliphatic heterocycles. The van der Waals surface area contributed by atoms with Crippen LogP contribution < -0.4 is 10.2 Å². The van der Waals surface area contributed by atoms with Crippen molar-refractivity contribution in [1.29, 1.82) is 0 Å². The van der Waals surface area contributed by atoms with Crippen molar-refractivity contribution in [1.82, 2.24) is 0 Å². The van der Waals surface area contributed by atoms with Crippen molar-refractivity contribution in [2.45, 2.75) is 12.8 Å². The number of hydrogen-bond acceptors (Lipinski definition) is 3. The molecule has 0 unspecified atom stereocenters. The van der Waals surface area contributed by atoms with E-state index in [1.54, 1.807) is 18.2 Å². The van der Waals surface area contributed by atoms with Gasteiger partial charge in [-0.25, -0.2) is 0 Å². The van der Waals surface area contributed by atoms with Crippen LogP contribution in [0.4, 0.5) is 11.4 Å². The van der Waals surface area contributed by atoms with Crippen LogP contribution in [0.1, 0.15) is 12.0 Å². The van der Waals surface area contributed by atoms with Gasteiger partial charge in [-0.05, 0) is 36.2 Å². The van der Waals surface area contributed by atoms with Crippen LogP contribution in [0.3, 0.4) is 0 Å². The standard InChI is InChI=1S/C17H18N2O2/c20-14-6-3-5-13(11-14)12-17(21)19-10-4-9-18-15-7-1-2-8-16(15)19/h1-3,5-8,11,18,20H,4,9-10,12H2. The molecule has 0 atom stereocenters. The van der Waals surface area contributed by atoms with E-state index in [4.69, 9.17) is 0 Å². The number of aromatic hydroxyl groups is 1. The summed E-state index contributed by atoms with van der Waals surface area (Å²) in [6.45, 7) is 1.58. The van der Waals surface area contributed by atoms with Gasteiger partial charge in [-0.2, -0.15) is 0 Å². The van der Waals surface area contributed by atoms with Gasteiger partial charge < -0.3 is 15.3 Å². The van der Waals surface area contributed by atoms with E-state index in [-0.39, 0.29) is 11.7 Å². The van der Waals surface area contributed by atoms with Crippen LogP contribution in [0.25, 0.3) is 0 Å². The van der Waals surface area contributed by atoms with Crippen molar-refractivity contribution < 1.29 is 9.90 Å². The van der Waals surface area contributed by atoms with Crippen LogP contribution in [0, 0.1) is 0 Å². The molecule has 0 bridgehead atoms. The molecule has 21 heavy (non-hydrogen) atoms. The normalized spacial score (nSPS) is 14.0. The Labute approximate surface area is 124 Å². The number of carbonyl (C=O) groups is 1. The van der Waals surface area contributed by atoms with Gasteiger partial charge in [0.05, 0.1) is 17.8 Å². The van der Waals surface area contributed by atoms with Gasteiger partial charge in [-0.3, -0.25) is 4.79 Å². The molecule has 0 radical (unpaired) electrons. The molecule has 0 aliphatic carbocycles. The first-order valence-corrected chi connectivity index (χ1v) is 7.15. The number of hydrogen-bond donors (Lipinski definition) is 2. The molecule has 0 saturated carbocycles. The maximum Gasteiger partial charge on any atom is 0.231 e. The Morgan fingerprint density at radius 2 is 2.05 bits per heavy atom. The number of fused-ring (bicyclic) bond motifs is 1. The van der Waals surface area contributed by atoms with Crippen LogP contribution in [-0.4, -0.2) is 24.1 Å². The third kappa shape index (κ3) is 2.99. The number of para-hydroxylation sites is 2. The molecule has 1 amide bonds. The number of phenols is 1. The van der Waals surface area contributed by atoms with Crippen LogP contribution in [0.15, 0.2) is 48.5 Å². The molecule has 1 aliphatic rings. The van der Waals surface area contributed by atoms with Gasteiger partial charge in [0.25, 0.3) is 0 Å². The molecule has 2 aromatic carbocycles. The van der Waals surface area contributed by atoms with Crippen molar-refractivity contribution >= 4 is 17.3 Å². The molecule has 4 heteroatoms. The maximum absolute atomic E-state index is 12.6. The molecule has 2 N–H and O–H groups in total. The highest BCUT2D eigenvalue weighted by molar-refractivity contribution is 5.98. The van der Waals surface area contributed by atoms with Gasteiger partial charge in [-0.15, -0.1) is 0 Å². The lowest BCUT2D eigenvalue weighted by Crippen LogP contribution is -2.32.